The highest BCUT2D eigenvalue weighted by molar-refractivity contribution is 5.80. The van der Waals surface area contributed by atoms with E-state index >= 15 is 0 Å². The maximum Gasteiger partial charge on any atom is 0.410 e. The zero-order valence-electron chi connectivity index (χ0n) is 12.8. The molecule has 20 heavy (non-hydrogen) atoms. The molecule has 0 aromatic heterocycles. The van der Waals surface area contributed by atoms with Crippen molar-refractivity contribution in [3.8, 4) is 0 Å². The molecule has 5 nitrogen and oxygen atoms in total. The normalized spacial score (nSPS) is 25.4. The highest BCUT2D eigenvalue weighted by Crippen LogP contribution is 2.34. The molecule has 0 aromatic carbocycles. The van der Waals surface area contributed by atoms with Crippen LogP contribution in [-0.2, 0) is 9.53 Å². The van der Waals surface area contributed by atoms with Gasteiger partial charge in [0.1, 0.15) is 5.60 Å². The van der Waals surface area contributed by atoms with Crippen LogP contribution in [0.3, 0.4) is 0 Å². The van der Waals surface area contributed by atoms with Crippen LogP contribution >= 0.6 is 0 Å². The third-order valence-corrected chi connectivity index (χ3v) is 3.85. The molecule has 2 aliphatic heterocycles. The highest BCUT2D eigenvalue weighted by atomic mass is 16.6. The predicted octanol–water partition coefficient (Wildman–Crippen LogP) is 2.03. The second kappa shape index (κ2) is 4.79. The van der Waals surface area contributed by atoms with Gasteiger partial charge in [-0.05, 0) is 27.7 Å². The molecule has 112 valence electrons. The lowest BCUT2D eigenvalue weighted by molar-refractivity contribution is -0.139. The summed E-state index contributed by atoms with van der Waals surface area (Å²) in [5, 5.41) is 0. The quantitative estimate of drug-likeness (QED) is 0.727. The number of hydrogen-bond donors (Lipinski definition) is 0. The average Bonchev–Trinajstić information content (AvgIpc) is 2.64. The third-order valence-electron chi connectivity index (χ3n) is 3.85. The molecule has 0 aliphatic carbocycles. The molecule has 0 aromatic rings. The van der Waals surface area contributed by atoms with Crippen molar-refractivity contribution in [2.75, 3.05) is 19.6 Å². The van der Waals surface area contributed by atoms with Gasteiger partial charge in [0.15, 0.2) is 0 Å². The predicted molar refractivity (Wildman–Crippen MR) is 76.2 cm³/mol. The summed E-state index contributed by atoms with van der Waals surface area (Å²) in [5.41, 5.74) is -0.744. The van der Waals surface area contributed by atoms with Gasteiger partial charge in [0, 0.05) is 32.0 Å². The lowest BCUT2D eigenvalue weighted by Crippen LogP contribution is -2.70. The Bertz CT molecular complexity index is 433. The van der Waals surface area contributed by atoms with E-state index in [1.54, 1.807) is 4.90 Å². The summed E-state index contributed by atoms with van der Waals surface area (Å²) in [7, 11) is 0. The third kappa shape index (κ3) is 2.81. The molecule has 0 radical (unpaired) electrons. The van der Waals surface area contributed by atoms with Crippen LogP contribution in [0.25, 0.3) is 0 Å². The van der Waals surface area contributed by atoms with Crippen LogP contribution in [0.4, 0.5) is 4.79 Å². The Morgan fingerprint density at radius 3 is 2.50 bits per heavy atom. The van der Waals surface area contributed by atoms with Gasteiger partial charge in [-0.2, -0.15) is 0 Å². The van der Waals surface area contributed by atoms with Crippen molar-refractivity contribution in [3.63, 3.8) is 0 Å². The van der Waals surface area contributed by atoms with Crippen LogP contribution in [0.15, 0.2) is 12.7 Å². The van der Waals surface area contributed by atoms with Gasteiger partial charge < -0.3 is 14.5 Å². The number of ether oxygens (including phenoxy) is 1. The minimum atomic E-state index is -0.486. The Morgan fingerprint density at radius 2 is 2.05 bits per heavy atom. The molecule has 2 saturated heterocycles. The van der Waals surface area contributed by atoms with Gasteiger partial charge in [0.2, 0.25) is 5.91 Å². The molecule has 2 rings (SSSR count). The molecule has 2 aliphatic rings. The Hall–Kier alpha value is -1.52. The number of amides is 2. The van der Waals surface area contributed by atoms with E-state index in [0.717, 1.165) is 0 Å². The average molecular weight is 280 g/mol. The molecule has 0 saturated carbocycles. The summed E-state index contributed by atoms with van der Waals surface area (Å²) in [6.07, 6.45) is 2.07. The van der Waals surface area contributed by atoms with Crippen molar-refractivity contribution in [3.05, 3.63) is 12.7 Å². The first-order valence-electron chi connectivity index (χ1n) is 7.05. The Labute approximate surface area is 120 Å². The first-order valence-corrected chi connectivity index (χ1v) is 7.05. The van der Waals surface area contributed by atoms with Gasteiger partial charge in [0.25, 0.3) is 0 Å². The summed E-state index contributed by atoms with van der Waals surface area (Å²) in [6.45, 7) is 13.1. The highest BCUT2D eigenvalue weighted by Gasteiger charge is 2.50. The maximum atomic E-state index is 12.0. The molecule has 0 bridgehead atoms. The molecule has 2 heterocycles. The smallest absolute Gasteiger partial charge is 0.410 e. The van der Waals surface area contributed by atoms with Gasteiger partial charge in [-0.15, -0.1) is 6.58 Å². The van der Waals surface area contributed by atoms with Crippen LogP contribution in [0.1, 0.15) is 34.1 Å². The summed E-state index contributed by atoms with van der Waals surface area (Å²) >= 11 is 0. The number of nitrogens with zero attached hydrogens (tertiary/aromatic N) is 2. The molecule has 2 fully saturated rings. The fourth-order valence-electron chi connectivity index (χ4n) is 2.82. The lowest BCUT2D eigenvalue weighted by Gasteiger charge is -2.52. The van der Waals surface area contributed by atoms with Crippen molar-refractivity contribution in [1.82, 2.24) is 9.80 Å². The second-order valence-corrected chi connectivity index (χ2v) is 7.04. The monoisotopic (exact) mass is 280 g/mol. The molecule has 1 atom stereocenters. The van der Waals surface area contributed by atoms with Gasteiger partial charge >= 0.3 is 6.09 Å². The summed E-state index contributed by atoms with van der Waals surface area (Å²) in [6, 6.07) is 0. The van der Waals surface area contributed by atoms with Crippen LogP contribution in [0.5, 0.6) is 0 Å². The van der Waals surface area contributed by atoms with Crippen LogP contribution in [0, 0.1) is 5.92 Å². The van der Waals surface area contributed by atoms with E-state index in [0.29, 0.717) is 26.1 Å². The first-order chi connectivity index (χ1) is 9.14. The van der Waals surface area contributed by atoms with E-state index in [-0.39, 0.29) is 23.5 Å². The Balaban J connectivity index is 1.93. The van der Waals surface area contributed by atoms with E-state index in [9.17, 15) is 9.59 Å². The van der Waals surface area contributed by atoms with E-state index in [1.807, 2.05) is 38.7 Å². The summed E-state index contributed by atoms with van der Waals surface area (Å²) in [4.78, 5) is 27.5. The lowest BCUT2D eigenvalue weighted by atomic mass is 9.90. The molecule has 1 unspecified atom stereocenters. The van der Waals surface area contributed by atoms with Crippen molar-refractivity contribution < 1.29 is 14.3 Å². The molecular weight excluding hydrogens is 256 g/mol. The fraction of sp³-hybridized carbons (Fsp3) is 0.733. The van der Waals surface area contributed by atoms with Crippen molar-refractivity contribution in [1.29, 1.82) is 0 Å². The fourth-order valence-corrected chi connectivity index (χ4v) is 2.82. The molecule has 0 N–H and O–H groups in total. The molecule has 2 amide bonds. The minimum absolute atomic E-state index is 0.154. The van der Waals surface area contributed by atoms with E-state index in [1.165, 1.54) is 0 Å². The van der Waals surface area contributed by atoms with Gasteiger partial charge in [-0.3, -0.25) is 4.79 Å². The molecular formula is C15H24N2O3. The second-order valence-electron chi connectivity index (χ2n) is 7.04. The standard InChI is InChI=1S/C15H24N2O3/c1-6-11-7-12(18)17(8-11)15(5)9-16(10-15)13(19)20-14(2,3)4/h6,11H,1,7-10H2,2-5H3. The number of carbonyl (C=O) groups is 2. The number of hydrogen-bond acceptors (Lipinski definition) is 3. The minimum Gasteiger partial charge on any atom is -0.444 e. The van der Waals surface area contributed by atoms with Gasteiger partial charge in [-0.25, -0.2) is 4.79 Å². The van der Waals surface area contributed by atoms with Crippen LogP contribution in [-0.4, -0.2) is 52.6 Å². The van der Waals surface area contributed by atoms with E-state index in [4.69, 9.17) is 4.74 Å². The number of rotatable bonds is 2. The summed E-state index contributed by atoms with van der Waals surface area (Å²) < 4.78 is 5.33. The van der Waals surface area contributed by atoms with Gasteiger partial charge in [-0.1, -0.05) is 6.08 Å². The largest absolute Gasteiger partial charge is 0.444 e. The Kier molecular flexibility index (Phi) is 3.56. The van der Waals surface area contributed by atoms with E-state index < -0.39 is 5.60 Å². The first kappa shape index (κ1) is 14.9. The zero-order chi connectivity index (χ0) is 15.1. The van der Waals surface area contributed by atoms with Crippen molar-refractivity contribution in [2.45, 2.75) is 45.3 Å². The number of carbonyl (C=O) groups excluding carboxylic acids is 2. The molecule has 5 heteroatoms. The topological polar surface area (TPSA) is 49.9 Å². The number of likely N-dealkylation sites (tertiary alicyclic amines) is 2. The van der Waals surface area contributed by atoms with Crippen LogP contribution < -0.4 is 0 Å². The van der Waals surface area contributed by atoms with E-state index in [2.05, 4.69) is 6.58 Å². The maximum absolute atomic E-state index is 12.0. The molecule has 0 spiro atoms. The van der Waals surface area contributed by atoms with Gasteiger partial charge in [0.05, 0.1) is 5.54 Å². The summed E-state index contributed by atoms with van der Waals surface area (Å²) in [5.74, 6) is 0.385. The Morgan fingerprint density at radius 1 is 1.45 bits per heavy atom. The van der Waals surface area contributed by atoms with Crippen molar-refractivity contribution >= 4 is 12.0 Å². The van der Waals surface area contributed by atoms with Crippen LogP contribution in [0.2, 0.25) is 0 Å². The SMILES string of the molecule is C=CC1CC(=O)N(C2(C)CN(C(=O)OC(C)(C)C)C2)C1. The zero-order valence-corrected chi connectivity index (χ0v) is 12.8. The van der Waals surface area contributed by atoms with Crippen molar-refractivity contribution in [2.24, 2.45) is 5.92 Å².